The van der Waals surface area contributed by atoms with Crippen molar-refractivity contribution in [2.45, 2.75) is 61.2 Å². The second-order valence-corrected chi connectivity index (χ2v) is 18.7. The van der Waals surface area contributed by atoms with Crippen LogP contribution in [0.5, 0.6) is 5.75 Å². The lowest BCUT2D eigenvalue weighted by molar-refractivity contribution is -0.437. The Balaban J connectivity index is 1.91. The van der Waals surface area contributed by atoms with Crippen LogP contribution in [-0.4, -0.2) is 93.2 Å². The molecule has 0 bridgehead atoms. The van der Waals surface area contributed by atoms with Gasteiger partial charge in [-0.2, -0.15) is 38.2 Å². The van der Waals surface area contributed by atoms with E-state index in [2.05, 4.69) is 0 Å². The molecule has 20 heteroatoms. The number of hydrogen-bond acceptors (Lipinski definition) is 11. The van der Waals surface area contributed by atoms with Crippen molar-refractivity contribution in [1.29, 1.82) is 0 Å². The lowest BCUT2D eigenvalue weighted by Gasteiger charge is -2.27. The van der Waals surface area contributed by atoms with Crippen LogP contribution in [0.4, 0.5) is 11.4 Å². The summed E-state index contributed by atoms with van der Waals surface area (Å²) in [4.78, 5) is 10.8. The topological polar surface area (TPSA) is 250 Å². The lowest BCUT2D eigenvalue weighted by atomic mass is 9.81. The van der Waals surface area contributed by atoms with Crippen LogP contribution >= 0.6 is 0 Å². The molecule has 0 aromatic heterocycles. The van der Waals surface area contributed by atoms with Crippen molar-refractivity contribution in [3.05, 3.63) is 65.4 Å². The summed E-state index contributed by atoms with van der Waals surface area (Å²) in [6.45, 7) is 7.18. The van der Waals surface area contributed by atoms with Crippen LogP contribution in [-0.2, 0) is 56.1 Å². The zero-order valence-electron chi connectivity index (χ0n) is 27.3. The summed E-state index contributed by atoms with van der Waals surface area (Å²) in [6.07, 6.45) is 4.70. The fourth-order valence-corrected chi connectivity index (χ4v) is 8.95. The van der Waals surface area contributed by atoms with Gasteiger partial charge in [-0.3, -0.25) is 23.0 Å². The Morgan fingerprint density at radius 3 is 2.00 bits per heavy atom. The van der Waals surface area contributed by atoms with Crippen molar-refractivity contribution in [3.8, 4) is 5.75 Å². The number of fused-ring (bicyclic) bond motifs is 2. The number of rotatable bonds is 14. The molecule has 0 unspecified atom stereocenters. The minimum Gasteiger partial charge on any atom is -0.429 e. The van der Waals surface area contributed by atoms with E-state index in [4.69, 9.17) is 4.74 Å². The van der Waals surface area contributed by atoms with Gasteiger partial charge in [-0.05, 0) is 50.6 Å². The highest BCUT2D eigenvalue weighted by atomic mass is 32.2. The van der Waals surface area contributed by atoms with Crippen LogP contribution < -0.4 is 9.64 Å². The quantitative estimate of drug-likeness (QED) is 0.122. The first-order valence-corrected chi connectivity index (χ1v) is 21.0. The Morgan fingerprint density at radius 2 is 1.44 bits per heavy atom. The van der Waals surface area contributed by atoms with Crippen molar-refractivity contribution < 1.29 is 66.0 Å². The minimum absolute atomic E-state index is 0.0327. The number of carbonyl (C=O) groups is 1. The van der Waals surface area contributed by atoms with Crippen molar-refractivity contribution in [2.24, 2.45) is 0 Å². The van der Waals surface area contributed by atoms with Gasteiger partial charge in [0.25, 0.3) is 46.9 Å². The van der Waals surface area contributed by atoms with E-state index in [9.17, 15) is 56.7 Å². The first kappa shape index (κ1) is 39.3. The molecular formula is C30H37N2O14S4+. The van der Waals surface area contributed by atoms with Crippen LogP contribution in [0, 0.1) is 0 Å². The molecule has 0 spiro atoms. The average molecular weight is 778 g/mol. The third-order valence-corrected chi connectivity index (χ3v) is 11.9. The number of ether oxygens (including phenoxy) is 1. The van der Waals surface area contributed by atoms with Crippen molar-refractivity contribution in [1.82, 2.24) is 0 Å². The highest BCUT2D eigenvalue weighted by Crippen LogP contribution is 2.51. The lowest BCUT2D eigenvalue weighted by Crippen LogP contribution is -2.29. The molecule has 2 aromatic rings. The van der Waals surface area contributed by atoms with Gasteiger partial charge in [0.15, 0.2) is 5.71 Å². The zero-order chi connectivity index (χ0) is 37.7. The van der Waals surface area contributed by atoms with Gasteiger partial charge in [0.05, 0.1) is 21.8 Å². The monoisotopic (exact) mass is 777 g/mol. The molecule has 0 saturated carbocycles. The van der Waals surface area contributed by atoms with Crippen LogP contribution in [0.25, 0.3) is 0 Å². The van der Waals surface area contributed by atoms with E-state index in [0.717, 1.165) is 11.6 Å². The first-order chi connectivity index (χ1) is 22.8. The third kappa shape index (κ3) is 8.34. The minimum atomic E-state index is -5.07. The van der Waals surface area contributed by atoms with Crippen molar-refractivity contribution in [2.75, 3.05) is 29.5 Å². The number of hydrogen-bond donors (Lipinski definition) is 4. The summed E-state index contributed by atoms with van der Waals surface area (Å²) < 4.78 is 141. The molecule has 0 radical (unpaired) electrons. The molecule has 0 saturated heterocycles. The maximum Gasteiger partial charge on any atom is 0.298 e. The Kier molecular flexibility index (Phi) is 10.7. The molecule has 274 valence electrons. The maximum atomic E-state index is 12.6. The standard InChI is InChI=1S/C30H36N2O14S4/c1-29(2)22-16-20(46-19-33)10-11-23(22)31(12-6-14-47(34,35)36)26(29)8-5-9-27-30(3,4)28-24(32(27)13-7-15-48(37,38)39)17-21(49(40,41)42)18-25(28)50(43,44)45/h5,8-11,16-19H,6-7,12-15H2,1-4H3,(H3-,34,35,36,37,38,39,40,41,42,43,44,45)/p+1. The number of nitrogens with zero attached hydrogens (tertiary/aromatic N) is 2. The van der Waals surface area contributed by atoms with Gasteiger partial charge in [-0.25, -0.2) is 0 Å². The number of carbonyl (C=O) groups excluding carboxylic acids is 1. The van der Waals surface area contributed by atoms with E-state index in [1.54, 1.807) is 50.3 Å². The Bertz CT molecular complexity index is 2270. The molecule has 0 atom stereocenters. The summed E-state index contributed by atoms with van der Waals surface area (Å²) in [5, 5.41) is 0. The first-order valence-electron chi connectivity index (χ1n) is 14.9. The second-order valence-electron chi connectivity index (χ2n) is 12.8. The van der Waals surface area contributed by atoms with E-state index in [1.807, 2.05) is 18.4 Å². The highest BCUT2D eigenvalue weighted by molar-refractivity contribution is 7.87. The summed E-state index contributed by atoms with van der Waals surface area (Å²) in [7, 11) is -18.7. The predicted octanol–water partition coefficient (Wildman–Crippen LogP) is 2.89. The molecule has 4 N–H and O–H groups in total. The fourth-order valence-electron chi connectivity index (χ4n) is 6.47. The van der Waals surface area contributed by atoms with E-state index < -0.39 is 72.6 Å². The van der Waals surface area contributed by atoms with Crippen molar-refractivity contribution in [3.63, 3.8) is 0 Å². The molecule has 0 aliphatic carbocycles. The Labute approximate surface area is 290 Å². The van der Waals surface area contributed by atoms with Gasteiger partial charge in [0, 0.05) is 53.0 Å². The van der Waals surface area contributed by atoms with Crippen LogP contribution in [0.15, 0.2) is 64.0 Å². The van der Waals surface area contributed by atoms with Gasteiger partial charge in [0.2, 0.25) is 5.69 Å². The van der Waals surface area contributed by atoms with Crippen LogP contribution in [0.3, 0.4) is 0 Å². The summed E-state index contributed by atoms with van der Waals surface area (Å²) in [6, 6.07) is 6.54. The smallest absolute Gasteiger partial charge is 0.298 e. The van der Waals surface area contributed by atoms with E-state index in [1.165, 1.54) is 4.90 Å². The normalized spacial score (nSPS) is 18.2. The fraction of sp³-hybridized carbons (Fsp3) is 0.400. The molecule has 2 aliphatic heterocycles. The Morgan fingerprint density at radius 1 is 0.820 bits per heavy atom. The van der Waals surface area contributed by atoms with Crippen molar-refractivity contribution >= 4 is 64.0 Å². The summed E-state index contributed by atoms with van der Waals surface area (Å²) in [5.41, 5.74) is 0.232. The molecule has 0 fully saturated rings. The zero-order valence-corrected chi connectivity index (χ0v) is 30.6. The van der Waals surface area contributed by atoms with E-state index in [0.29, 0.717) is 23.2 Å². The molecule has 2 aliphatic rings. The molecule has 2 heterocycles. The van der Waals surface area contributed by atoms with Crippen LogP contribution in [0.2, 0.25) is 0 Å². The number of anilines is 1. The molecule has 0 amide bonds. The SMILES string of the molecule is CC1(C)C(/C=C/C=C2/N(CCCS(=O)(=O)O)c3cc(S(=O)(=O)O)cc(S(=O)(=O)O)c3C2(C)C)=[N+](CCCS(=O)(=O)O)c2ccc(OC=O)cc21. The maximum absolute atomic E-state index is 12.6. The molecular weight excluding hydrogens is 741 g/mol. The number of allylic oxidation sites excluding steroid dienone is 4. The van der Waals surface area contributed by atoms with Gasteiger partial charge in [-0.15, -0.1) is 0 Å². The largest absolute Gasteiger partial charge is 0.429 e. The summed E-state index contributed by atoms with van der Waals surface area (Å²) in [5.74, 6) is -0.939. The van der Waals surface area contributed by atoms with E-state index >= 15 is 0 Å². The second kappa shape index (κ2) is 13.6. The number of benzene rings is 2. The average Bonchev–Trinajstić information content (AvgIpc) is 3.29. The Hall–Kier alpha value is -3.50. The van der Waals surface area contributed by atoms with Crippen LogP contribution in [0.1, 0.15) is 51.7 Å². The molecule has 16 nitrogen and oxygen atoms in total. The molecule has 50 heavy (non-hydrogen) atoms. The highest BCUT2D eigenvalue weighted by Gasteiger charge is 2.46. The molecule has 4 rings (SSSR count). The predicted molar refractivity (Wildman–Crippen MR) is 182 cm³/mol. The molecule has 2 aromatic carbocycles. The van der Waals surface area contributed by atoms with Gasteiger partial charge in [-0.1, -0.05) is 19.9 Å². The van der Waals surface area contributed by atoms with Gasteiger partial charge in [0.1, 0.15) is 17.2 Å². The van der Waals surface area contributed by atoms with E-state index in [-0.39, 0.29) is 49.4 Å². The summed E-state index contributed by atoms with van der Waals surface area (Å²) >= 11 is 0. The van der Waals surface area contributed by atoms with Gasteiger partial charge >= 0.3 is 0 Å². The van der Waals surface area contributed by atoms with Gasteiger partial charge < -0.3 is 9.64 Å². The third-order valence-electron chi connectivity index (χ3n) is 8.60.